The van der Waals surface area contributed by atoms with Crippen LogP contribution >= 0.6 is 11.6 Å². The molecule has 0 bridgehead atoms. The minimum absolute atomic E-state index is 0.106. The van der Waals surface area contributed by atoms with Crippen LogP contribution in [0.25, 0.3) is 0 Å². The molecule has 120 valence electrons. The number of nitro benzene ring substituents is 1. The van der Waals surface area contributed by atoms with E-state index in [1.165, 1.54) is 25.3 Å². The molecule has 0 aromatic heterocycles. The van der Waals surface area contributed by atoms with Gasteiger partial charge >= 0.3 is 5.69 Å². The van der Waals surface area contributed by atoms with Crippen molar-refractivity contribution < 1.29 is 14.5 Å². The number of benzene rings is 2. The molecule has 0 saturated carbocycles. The van der Waals surface area contributed by atoms with Crippen LogP contribution in [0.4, 0.5) is 5.69 Å². The number of rotatable bonds is 5. The van der Waals surface area contributed by atoms with E-state index in [-0.39, 0.29) is 23.0 Å². The average molecular weight is 335 g/mol. The number of halogens is 1. The molecule has 1 N–H and O–H groups in total. The molecule has 0 aliphatic rings. The number of amides is 1. The average Bonchev–Trinajstić information content (AvgIpc) is 2.54. The molecule has 0 heterocycles. The lowest BCUT2D eigenvalue weighted by Crippen LogP contribution is -2.26. The summed E-state index contributed by atoms with van der Waals surface area (Å²) in [7, 11) is 1.34. The topological polar surface area (TPSA) is 81.5 Å². The predicted molar refractivity (Wildman–Crippen MR) is 87.0 cm³/mol. The SMILES string of the molecule is COc1ccc(C(=O)NC(C)c2cccc(Cl)c2)cc1[N+](=O)[O-]. The predicted octanol–water partition coefficient (Wildman–Crippen LogP) is 3.75. The van der Waals surface area contributed by atoms with Crippen LogP contribution in [0, 0.1) is 10.1 Å². The van der Waals surface area contributed by atoms with Gasteiger partial charge in [0.15, 0.2) is 5.75 Å². The van der Waals surface area contributed by atoms with Crippen LogP contribution < -0.4 is 10.1 Å². The zero-order valence-electron chi connectivity index (χ0n) is 12.6. The van der Waals surface area contributed by atoms with E-state index in [2.05, 4.69) is 5.32 Å². The van der Waals surface area contributed by atoms with Gasteiger partial charge in [0.25, 0.3) is 5.91 Å². The Hall–Kier alpha value is -2.60. The highest BCUT2D eigenvalue weighted by Crippen LogP contribution is 2.27. The molecule has 0 aliphatic carbocycles. The van der Waals surface area contributed by atoms with Crippen molar-refractivity contribution in [3.8, 4) is 5.75 Å². The van der Waals surface area contributed by atoms with Gasteiger partial charge in [-0.15, -0.1) is 0 Å². The Morgan fingerprint density at radius 1 is 1.30 bits per heavy atom. The van der Waals surface area contributed by atoms with Crippen LogP contribution in [0.15, 0.2) is 42.5 Å². The van der Waals surface area contributed by atoms with E-state index in [0.717, 1.165) is 5.56 Å². The summed E-state index contributed by atoms with van der Waals surface area (Å²) in [6, 6.07) is 10.9. The number of methoxy groups -OCH3 is 1. The van der Waals surface area contributed by atoms with Crippen LogP contribution in [0.3, 0.4) is 0 Å². The molecule has 6 nitrogen and oxygen atoms in total. The van der Waals surface area contributed by atoms with E-state index < -0.39 is 10.8 Å². The number of ether oxygens (including phenoxy) is 1. The van der Waals surface area contributed by atoms with Crippen LogP contribution in [-0.2, 0) is 0 Å². The molecule has 23 heavy (non-hydrogen) atoms. The minimum atomic E-state index is -0.587. The van der Waals surface area contributed by atoms with E-state index >= 15 is 0 Å². The van der Waals surface area contributed by atoms with Crippen molar-refractivity contribution >= 4 is 23.2 Å². The molecule has 7 heteroatoms. The Morgan fingerprint density at radius 2 is 2.04 bits per heavy atom. The molecule has 2 aromatic rings. The molecule has 0 fully saturated rings. The minimum Gasteiger partial charge on any atom is -0.490 e. The highest BCUT2D eigenvalue weighted by Gasteiger charge is 2.19. The van der Waals surface area contributed by atoms with Crippen molar-refractivity contribution in [3.63, 3.8) is 0 Å². The summed E-state index contributed by atoms with van der Waals surface area (Å²) in [6.45, 7) is 1.81. The van der Waals surface area contributed by atoms with Gasteiger partial charge in [-0.3, -0.25) is 14.9 Å². The highest BCUT2D eigenvalue weighted by atomic mass is 35.5. The number of carbonyl (C=O) groups is 1. The molecule has 0 aliphatic heterocycles. The van der Waals surface area contributed by atoms with E-state index in [9.17, 15) is 14.9 Å². The lowest BCUT2D eigenvalue weighted by Gasteiger charge is -2.15. The number of carbonyl (C=O) groups excluding carboxylic acids is 1. The fourth-order valence-corrected chi connectivity index (χ4v) is 2.31. The van der Waals surface area contributed by atoms with Crippen molar-refractivity contribution in [2.45, 2.75) is 13.0 Å². The van der Waals surface area contributed by atoms with Gasteiger partial charge < -0.3 is 10.1 Å². The maximum Gasteiger partial charge on any atom is 0.311 e. The summed E-state index contributed by atoms with van der Waals surface area (Å²) in [5.41, 5.74) is 0.774. The van der Waals surface area contributed by atoms with Gasteiger partial charge in [0.05, 0.1) is 18.1 Å². The zero-order valence-corrected chi connectivity index (χ0v) is 13.3. The molecule has 1 unspecified atom stereocenters. The van der Waals surface area contributed by atoms with E-state index in [0.29, 0.717) is 5.02 Å². The van der Waals surface area contributed by atoms with Crippen LogP contribution in [0.2, 0.25) is 5.02 Å². The monoisotopic (exact) mass is 334 g/mol. The Balaban J connectivity index is 2.20. The van der Waals surface area contributed by atoms with Gasteiger partial charge in [-0.2, -0.15) is 0 Å². The molecule has 0 radical (unpaired) electrons. The van der Waals surface area contributed by atoms with Gasteiger partial charge in [0.1, 0.15) is 0 Å². The third-order valence-corrected chi connectivity index (χ3v) is 3.57. The van der Waals surface area contributed by atoms with Crippen molar-refractivity contribution in [2.24, 2.45) is 0 Å². The second-order valence-corrected chi connectivity index (χ2v) is 5.33. The third-order valence-electron chi connectivity index (χ3n) is 3.33. The maximum absolute atomic E-state index is 12.3. The first-order valence-electron chi connectivity index (χ1n) is 6.81. The zero-order chi connectivity index (χ0) is 17.0. The Morgan fingerprint density at radius 3 is 2.65 bits per heavy atom. The van der Waals surface area contributed by atoms with E-state index in [1.807, 2.05) is 13.0 Å². The molecule has 2 rings (SSSR count). The molecular formula is C16H15ClN2O4. The van der Waals surface area contributed by atoms with E-state index in [4.69, 9.17) is 16.3 Å². The van der Waals surface area contributed by atoms with Crippen molar-refractivity contribution in [3.05, 3.63) is 68.7 Å². The summed E-state index contributed by atoms with van der Waals surface area (Å²) < 4.78 is 4.92. The lowest BCUT2D eigenvalue weighted by atomic mass is 10.1. The normalized spacial score (nSPS) is 11.6. The molecular weight excluding hydrogens is 320 g/mol. The number of hydrogen-bond acceptors (Lipinski definition) is 4. The van der Waals surface area contributed by atoms with Gasteiger partial charge in [0, 0.05) is 16.7 Å². The third kappa shape index (κ3) is 3.98. The van der Waals surface area contributed by atoms with Gasteiger partial charge in [0.2, 0.25) is 0 Å². The van der Waals surface area contributed by atoms with Gasteiger partial charge in [-0.25, -0.2) is 0 Å². The largest absolute Gasteiger partial charge is 0.490 e. The van der Waals surface area contributed by atoms with Gasteiger partial charge in [-0.1, -0.05) is 23.7 Å². The summed E-state index contributed by atoms with van der Waals surface area (Å²) >= 11 is 5.93. The van der Waals surface area contributed by atoms with Crippen molar-refractivity contribution in [1.82, 2.24) is 5.32 Å². The number of hydrogen-bond donors (Lipinski definition) is 1. The first-order valence-corrected chi connectivity index (χ1v) is 7.19. The van der Waals surface area contributed by atoms with Gasteiger partial charge in [-0.05, 0) is 36.8 Å². The molecule has 1 atom stereocenters. The number of nitrogens with zero attached hydrogens (tertiary/aromatic N) is 1. The van der Waals surface area contributed by atoms with Crippen molar-refractivity contribution in [2.75, 3.05) is 7.11 Å². The van der Waals surface area contributed by atoms with Crippen molar-refractivity contribution in [1.29, 1.82) is 0 Å². The first-order chi connectivity index (χ1) is 10.9. The summed E-state index contributed by atoms with van der Waals surface area (Å²) in [5, 5.41) is 14.4. The molecule has 1 amide bonds. The fraction of sp³-hybridized carbons (Fsp3) is 0.188. The quantitative estimate of drug-likeness (QED) is 0.667. The summed E-state index contributed by atoms with van der Waals surface area (Å²) in [6.07, 6.45) is 0. The lowest BCUT2D eigenvalue weighted by molar-refractivity contribution is -0.385. The number of nitro groups is 1. The van der Waals surface area contributed by atoms with Crippen LogP contribution in [-0.4, -0.2) is 17.9 Å². The molecule has 0 spiro atoms. The molecule has 2 aromatic carbocycles. The second kappa shape index (κ2) is 7.11. The Labute approximate surface area is 138 Å². The smallest absolute Gasteiger partial charge is 0.311 e. The fourth-order valence-electron chi connectivity index (χ4n) is 2.11. The van der Waals surface area contributed by atoms with Crippen LogP contribution in [0.1, 0.15) is 28.9 Å². The standard InChI is InChI=1S/C16H15ClN2O4/c1-10(11-4-3-5-13(17)8-11)18-16(20)12-6-7-15(23-2)14(9-12)19(21)22/h3-10H,1-2H3,(H,18,20). The second-order valence-electron chi connectivity index (χ2n) is 4.89. The Kier molecular flexibility index (Phi) is 5.18. The summed E-state index contributed by atoms with van der Waals surface area (Å²) in [4.78, 5) is 22.7. The molecule has 0 saturated heterocycles. The number of nitrogens with one attached hydrogen (secondary N) is 1. The van der Waals surface area contributed by atoms with Crippen LogP contribution in [0.5, 0.6) is 5.75 Å². The highest BCUT2D eigenvalue weighted by molar-refractivity contribution is 6.30. The Bertz CT molecular complexity index is 749. The van der Waals surface area contributed by atoms with E-state index in [1.54, 1.807) is 18.2 Å². The summed E-state index contributed by atoms with van der Waals surface area (Å²) in [5.74, 6) is -0.308. The first kappa shape index (κ1) is 16.8. The maximum atomic E-state index is 12.3.